The quantitative estimate of drug-likeness (QED) is 0.881. The number of anilines is 1. The Morgan fingerprint density at radius 2 is 2.10 bits per heavy atom. The van der Waals surface area contributed by atoms with Crippen LogP contribution in [0, 0.1) is 0 Å². The van der Waals surface area contributed by atoms with E-state index in [0.717, 1.165) is 11.3 Å². The van der Waals surface area contributed by atoms with Crippen molar-refractivity contribution in [1.82, 2.24) is 20.6 Å². The van der Waals surface area contributed by atoms with Crippen LogP contribution in [0.4, 0.5) is 5.69 Å². The van der Waals surface area contributed by atoms with Crippen LogP contribution in [-0.2, 0) is 9.47 Å². The molecular weight excluding hydrogens is 258 g/mol. The summed E-state index contributed by atoms with van der Waals surface area (Å²) in [5, 5.41) is 17.3. The van der Waals surface area contributed by atoms with Crippen LogP contribution in [0.15, 0.2) is 24.3 Å². The number of benzene rings is 1. The summed E-state index contributed by atoms with van der Waals surface area (Å²) in [7, 11) is 0. The maximum absolute atomic E-state index is 5.63. The van der Waals surface area contributed by atoms with Gasteiger partial charge in [0.05, 0.1) is 19.3 Å². The lowest BCUT2D eigenvalue weighted by Crippen LogP contribution is -2.45. The van der Waals surface area contributed by atoms with Gasteiger partial charge in [0, 0.05) is 11.3 Å². The average molecular weight is 275 g/mol. The zero-order valence-electron chi connectivity index (χ0n) is 11.5. The topological polar surface area (TPSA) is 85.0 Å². The number of ether oxygens (including phenoxy) is 2. The minimum atomic E-state index is -0.495. The molecule has 7 heteroatoms. The highest BCUT2D eigenvalue weighted by atomic mass is 16.7. The predicted molar refractivity (Wildman–Crippen MR) is 73.0 cm³/mol. The Morgan fingerprint density at radius 1 is 1.30 bits per heavy atom. The number of hydrogen-bond acceptors (Lipinski definition) is 6. The second-order valence-corrected chi connectivity index (χ2v) is 5.18. The van der Waals surface area contributed by atoms with Gasteiger partial charge in [-0.2, -0.15) is 5.21 Å². The molecule has 1 aromatic carbocycles. The molecule has 1 aliphatic heterocycles. The van der Waals surface area contributed by atoms with Gasteiger partial charge in [-0.05, 0) is 31.2 Å². The molecule has 0 unspecified atom stereocenters. The summed E-state index contributed by atoms with van der Waals surface area (Å²) in [5.74, 6) is 0.0796. The molecule has 0 radical (unpaired) electrons. The summed E-state index contributed by atoms with van der Waals surface area (Å²) in [6, 6.07) is 7.98. The summed E-state index contributed by atoms with van der Waals surface area (Å²) >= 11 is 0. The van der Waals surface area contributed by atoms with E-state index in [9.17, 15) is 0 Å². The van der Waals surface area contributed by atoms with Gasteiger partial charge in [0.15, 0.2) is 5.79 Å². The average Bonchev–Trinajstić information content (AvgIpc) is 2.96. The first-order chi connectivity index (χ1) is 9.62. The zero-order chi connectivity index (χ0) is 14.0. The Bertz CT molecular complexity index is 560. The third kappa shape index (κ3) is 2.94. The molecule has 20 heavy (non-hydrogen) atoms. The van der Waals surface area contributed by atoms with Gasteiger partial charge in [-0.25, -0.2) is 0 Å². The molecule has 1 aliphatic rings. The lowest BCUT2D eigenvalue weighted by molar-refractivity contribution is -0.247. The second kappa shape index (κ2) is 5.18. The smallest absolute Gasteiger partial charge is 0.204 e. The Labute approximate surface area is 116 Å². The van der Waals surface area contributed by atoms with Crippen molar-refractivity contribution < 1.29 is 9.47 Å². The number of nitrogens with zero attached hydrogens (tertiary/aromatic N) is 3. The molecule has 0 bridgehead atoms. The summed E-state index contributed by atoms with van der Waals surface area (Å²) in [5.41, 5.74) is 1.88. The fourth-order valence-corrected chi connectivity index (χ4v) is 2.04. The van der Waals surface area contributed by atoms with Crippen LogP contribution in [-0.4, -0.2) is 45.7 Å². The van der Waals surface area contributed by atoms with Crippen molar-refractivity contribution >= 4 is 5.69 Å². The molecule has 0 saturated carbocycles. The summed E-state index contributed by atoms with van der Waals surface area (Å²) in [6.07, 6.45) is 0. The first kappa shape index (κ1) is 13.0. The van der Waals surface area contributed by atoms with Crippen LogP contribution in [0.3, 0.4) is 0 Å². The van der Waals surface area contributed by atoms with E-state index in [2.05, 4.69) is 25.9 Å². The predicted octanol–water partition coefficient (Wildman–Crippen LogP) is 1.43. The first-order valence-corrected chi connectivity index (χ1v) is 6.51. The molecule has 0 spiro atoms. The molecule has 106 valence electrons. The number of H-pyrrole nitrogens is 1. The fourth-order valence-electron chi connectivity index (χ4n) is 2.04. The zero-order valence-corrected chi connectivity index (χ0v) is 11.5. The normalized spacial score (nSPS) is 18.9. The highest BCUT2D eigenvalue weighted by molar-refractivity contribution is 5.61. The Morgan fingerprint density at radius 3 is 2.80 bits per heavy atom. The van der Waals surface area contributed by atoms with Crippen LogP contribution < -0.4 is 5.32 Å². The third-order valence-corrected chi connectivity index (χ3v) is 3.10. The van der Waals surface area contributed by atoms with Crippen LogP contribution >= 0.6 is 0 Å². The van der Waals surface area contributed by atoms with Crippen LogP contribution in [0.2, 0.25) is 0 Å². The molecule has 7 nitrogen and oxygen atoms in total. The highest BCUT2D eigenvalue weighted by Crippen LogP contribution is 2.22. The van der Waals surface area contributed by atoms with E-state index < -0.39 is 5.79 Å². The van der Waals surface area contributed by atoms with Gasteiger partial charge in [-0.1, -0.05) is 12.1 Å². The molecule has 0 aliphatic carbocycles. The van der Waals surface area contributed by atoms with E-state index in [1.165, 1.54) is 0 Å². The molecule has 0 amide bonds. The van der Waals surface area contributed by atoms with Gasteiger partial charge in [0.25, 0.3) is 0 Å². The van der Waals surface area contributed by atoms with Crippen molar-refractivity contribution in [2.75, 3.05) is 18.5 Å². The molecule has 2 aromatic rings. The lowest BCUT2D eigenvalue weighted by atomic mass is 10.1. The van der Waals surface area contributed by atoms with Gasteiger partial charge >= 0.3 is 0 Å². The van der Waals surface area contributed by atoms with E-state index in [1.54, 1.807) is 0 Å². The summed E-state index contributed by atoms with van der Waals surface area (Å²) < 4.78 is 11.3. The van der Waals surface area contributed by atoms with E-state index >= 15 is 0 Å². The van der Waals surface area contributed by atoms with Crippen LogP contribution in [0.25, 0.3) is 11.4 Å². The van der Waals surface area contributed by atoms with Crippen molar-refractivity contribution in [3.8, 4) is 11.4 Å². The van der Waals surface area contributed by atoms with Crippen molar-refractivity contribution in [1.29, 1.82) is 0 Å². The van der Waals surface area contributed by atoms with Crippen molar-refractivity contribution in [3.05, 3.63) is 24.3 Å². The van der Waals surface area contributed by atoms with Crippen LogP contribution in [0.5, 0.6) is 0 Å². The fraction of sp³-hybridized carbons (Fsp3) is 0.462. The number of hydrogen-bond donors (Lipinski definition) is 2. The molecule has 2 N–H and O–H groups in total. The number of aromatic amines is 1. The van der Waals surface area contributed by atoms with Gasteiger partial charge in [0.1, 0.15) is 0 Å². The lowest BCUT2D eigenvalue weighted by Gasteiger charge is -2.35. The van der Waals surface area contributed by atoms with Crippen molar-refractivity contribution in [3.63, 3.8) is 0 Å². The SMILES string of the molecule is CC1(C)OCC(Nc2cccc(-c3nn[nH]n3)c2)CO1. The monoisotopic (exact) mass is 275 g/mol. The molecule has 0 atom stereocenters. The molecule has 1 aromatic heterocycles. The minimum absolute atomic E-state index is 0.128. The van der Waals surface area contributed by atoms with Crippen molar-refractivity contribution in [2.45, 2.75) is 25.7 Å². The summed E-state index contributed by atoms with van der Waals surface area (Å²) in [6.45, 7) is 5.05. The highest BCUT2D eigenvalue weighted by Gasteiger charge is 2.28. The molecule has 3 rings (SSSR count). The van der Waals surface area contributed by atoms with Gasteiger partial charge < -0.3 is 14.8 Å². The molecule has 1 saturated heterocycles. The van der Waals surface area contributed by atoms with E-state index in [0.29, 0.717) is 19.0 Å². The standard InChI is InChI=1S/C13H17N5O2/c1-13(2)19-7-11(8-20-13)14-10-5-3-4-9(6-10)12-15-17-18-16-12/h3-6,11,14H,7-8H2,1-2H3,(H,15,16,17,18). The number of aromatic nitrogens is 4. The van der Waals surface area contributed by atoms with E-state index in [1.807, 2.05) is 38.1 Å². The Balaban J connectivity index is 1.68. The first-order valence-electron chi connectivity index (χ1n) is 6.51. The molecule has 2 heterocycles. The number of rotatable bonds is 3. The van der Waals surface area contributed by atoms with Gasteiger partial charge in [-0.3, -0.25) is 0 Å². The van der Waals surface area contributed by atoms with Gasteiger partial charge in [-0.15, -0.1) is 10.2 Å². The largest absolute Gasteiger partial charge is 0.378 e. The molecular formula is C13H17N5O2. The van der Waals surface area contributed by atoms with E-state index in [-0.39, 0.29) is 6.04 Å². The third-order valence-electron chi connectivity index (χ3n) is 3.10. The van der Waals surface area contributed by atoms with Crippen LogP contribution in [0.1, 0.15) is 13.8 Å². The Hall–Kier alpha value is -1.99. The maximum atomic E-state index is 5.63. The second-order valence-electron chi connectivity index (χ2n) is 5.18. The summed E-state index contributed by atoms with van der Waals surface area (Å²) in [4.78, 5) is 0. The van der Waals surface area contributed by atoms with E-state index in [4.69, 9.17) is 9.47 Å². The Kier molecular flexibility index (Phi) is 3.37. The minimum Gasteiger partial charge on any atom is -0.378 e. The molecule has 1 fully saturated rings. The van der Waals surface area contributed by atoms with Crippen molar-refractivity contribution in [2.24, 2.45) is 0 Å². The maximum Gasteiger partial charge on any atom is 0.204 e. The number of tetrazole rings is 1. The number of nitrogens with one attached hydrogen (secondary N) is 2. The van der Waals surface area contributed by atoms with Gasteiger partial charge in [0.2, 0.25) is 5.82 Å².